The number of halogens is 2. The first-order chi connectivity index (χ1) is 8.45. The maximum Gasteiger partial charge on any atom is 0.179 e. The van der Waals surface area contributed by atoms with Gasteiger partial charge in [-0.15, -0.1) is 11.3 Å². The third kappa shape index (κ3) is 2.79. The minimum atomic E-state index is -0.671. The van der Waals surface area contributed by atoms with E-state index >= 15 is 0 Å². The molecule has 0 fully saturated rings. The van der Waals surface area contributed by atoms with Crippen LogP contribution < -0.4 is 0 Å². The zero-order valence-corrected chi connectivity index (χ0v) is 10.8. The van der Waals surface area contributed by atoms with Gasteiger partial charge in [-0.2, -0.15) is 0 Å². The van der Waals surface area contributed by atoms with Crippen molar-refractivity contribution < 1.29 is 13.6 Å². The molecule has 1 aromatic carbocycles. The second kappa shape index (κ2) is 4.94. The largest absolute Gasteiger partial charge is 0.293 e. The summed E-state index contributed by atoms with van der Waals surface area (Å²) in [6.07, 6.45) is -0.0167. The number of carbonyl (C=O) groups is 1. The monoisotopic (exact) mass is 267 g/mol. The third-order valence-corrected chi connectivity index (χ3v) is 3.56. The Morgan fingerprint density at radius 2 is 1.83 bits per heavy atom. The number of aryl methyl sites for hydroxylation is 2. The molecule has 0 N–H and O–H groups in total. The van der Waals surface area contributed by atoms with Crippen LogP contribution in [0, 0.1) is 25.5 Å². The van der Waals surface area contributed by atoms with Crippen LogP contribution in [0.25, 0.3) is 0 Å². The van der Waals surface area contributed by atoms with E-state index in [2.05, 4.69) is 4.98 Å². The van der Waals surface area contributed by atoms with Gasteiger partial charge in [0.05, 0.1) is 15.6 Å². The highest BCUT2D eigenvalue weighted by atomic mass is 32.1. The van der Waals surface area contributed by atoms with Gasteiger partial charge >= 0.3 is 0 Å². The van der Waals surface area contributed by atoms with Gasteiger partial charge in [-0.1, -0.05) is 0 Å². The minimum Gasteiger partial charge on any atom is -0.293 e. The Morgan fingerprint density at radius 1 is 1.22 bits per heavy atom. The topological polar surface area (TPSA) is 30.0 Å². The number of aromatic nitrogens is 1. The van der Waals surface area contributed by atoms with Crippen LogP contribution in [0.3, 0.4) is 0 Å². The first kappa shape index (κ1) is 12.8. The third-order valence-electron chi connectivity index (χ3n) is 2.44. The van der Waals surface area contributed by atoms with Gasteiger partial charge < -0.3 is 0 Å². The Balaban J connectivity index is 2.23. The number of rotatable bonds is 3. The standard InChI is InChI=1S/C13H11F2NOS/c1-7-13(18-8(2)16-7)12(17)5-9-3-10(14)6-11(15)4-9/h3-4,6H,5H2,1-2H3. The molecule has 1 heterocycles. The SMILES string of the molecule is Cc1nc(C)c(C(=O)Cc2cc(F)cc(F)c2)s1. The zero-order valence-electron chi connectivity index (χ0n) is 9.96. The molecule has 0 unspecified atom stereocenters. The molecule has 18 heavy (non-hydrogen) atoms. The molecule has 0 amide bonds. The van der Waals surface area contributed by atoms with Crippen molar-refractivity contribution in [2.75, 3.05) is 0 Å². The maximum atomic E-state index is 13.0. The van der Waals surface area contributed by atoms with Crippen LogP contribution in [0.4, 0.5) is 8.78 Å². The van der Waals surface area contributed by atoms with Crippen LogP contribution in [-0.2, 0) is 6.42 Å². The highest BCUT2D eigenvalue weighted by molar-refractivity contribution is 7.13. The second-order valence-electron chi connectivity index (χ2n) is 4.03. The van der Waals surface area contributed by atoms with Crippen LogP contribution >= 0.6 is 11.3 Å². The van der Waals surface area contributed by atoms with E-state index in [1.807, 2.05) is 6.92 Å². The van der Waals surface area contributed by atoms with Gasteiger partial charge in [0.2, 0.25) is 0 Å². The van der Waals surface area contributed by atoms with E-state index in [4.69, 9.17) is 0 Å². The number of hydrogen-bond acceptors (Lipinski definition) is 3. The van der Waals surface area contributed by atoms with Crippen molar-refractivity contribution in [2.45, 2.75) is 20.3 Å². The van der Waals surface area contributed by atoms with Gasteiger partial charge in [0.1, 0.15) is 11.6 Å². The van der Waals surface area contributed by atoms with Crippen molar-refractivity contribution in [3.63, 3.8) is 0 Å². The van der Waals surface area contributed by atoms with Crippen molar-refractivity contribution in [1.29, 1.82) is 0 Å². The summed E-state index contributed by atoms with van der Waals surface area (Å²) in [5.41, 5.74) is 1.00. The van der Waals surface area contributed by atoms with Gasteiger partial charge in [0, 0.05) is 12.5 Å². The van der Waals surface area contributed by atoms with E-state index in [0.29, 0.717) is 16.1 Å². The fourth-order valence-electron chi connectivity index (χ4n) is 1.77. The summed E-state index contributed by atoms with van der Waals surface area (Å²) < 4.78 is 26.0. The quantitative estimate of drug-likeness (QED) is 0.797. The number of carbonyl (C=O) groups excluding carboxylic acids is 1. The molecule has 0 spiro atoms. The summed E-state index contributed by atoms with van der Waals surface area (Å²) in [5, 5.41) is 0.807. The van der Waals surface area contributed by atoms with E-state index < -0.39 is 11.6 Å². The summed E-state index contributed by atoms with van der Waals surface area (Å²) in [5.74, 6) is -1.51. The van der Waals surface area contributed by atoms with Crippen LogP contribution in [0.5, 0.6) is 0 Å². The van der Waals surface area contributed by atoms with E-state index in [-0.39, 0.29) is 12.2 Å². The number of benzene rings is 1. The molecule has 5 heteroatoms. The smallest absolute Gasteiger partial charge is 0.179 e. The van der Waals surface area contributed by atoms with Gasteiger partial charge in [0.25, 0.3) is 0 Å². The molecule has 2 rings (SSSR count). The molecule has 0 radical (unpaired) electrons. The van der Waals surface area contributed by atoms with Crippen molar-refractivity contribution in [1.82, 2.24) is 4.98 Å². The van der Waals surface area contributed by atoms with Gasteiger partial charge in [-0.3, -0.25) is 4.79 Å². The fourth-order valence-corrected chi connectivity index (χ4v) is 2.63. The summed E-state index contributed by atoms with van der Waals surface area (Å²) in [6.45, 7) is 3.57. The first-order valence-corrected chi connectivity index (χ1v) is 6.19. The van der Waals surface area contributed by atoms with E-state index in [9.17, 15) is 13.6 Å². The molecule has 0 bridgehead atoms. The molecular formula is C13H11F2NOS. The van der Waals surface area contributed by atoms with Crippen molar-refractivity contribution in [3.8, 4) is 0 Å². The van der Waals surface area contributed by atoms with Crippen molar-refractivity contribution in [3.05, 3.63) is 51.0 Å². The molecule has 2 aromatic rings. The Bertz CT molecular complexity index is 587. The molecule has 94 valence electrons. The summed E-state index contributed by atoms with van der Waals surface area (Å²) in [6, 6.07) is 3.13. The predicted octanol–water partition coefficient (Wildman–Crippen LogP) is 3.46. The first-order valence-electron chi connectivity index (χ1n) is 5.38. The molecule has 2 nitrogen and oxygen atoms in total. The lowest BCUT2D eigenvalue weighted by Crippen LogP contribution is -2.04. The van der Waals surface area contributed by atoms with Crippen LogP contribution in [-0.4, -0.2) is 10.8 Å². The highest BCUT2D eigenvalue weighted by Crippen LogP contribution is 2.20. The summed E-state index contributed by atoms with van der Waals surface area (Å²) in [7, 11) is 0. The van der Waals surface area contributed by atoms with Crippen molar-refractivity contribution >= 4 is 17.1 Å². The molecule has 0 aliphatic rings. The number of Topliss-reactive ketones (excluding diaryl/α,β-unsaturated/α-hetero) is 1. The van der Waals surface area contributed by atoms with Crippen LogP contribution in [0.1, 0.15) is 25.9 Å². The molecule has 0 atom stereocenters. The van der Waals surface area contributed by atoms with Crippen molar-refractivity contribution in [2.24, 2.45) is 0 Å². The Labute approximate surface area is 107 Å². The number of thiazole rings is 1. The Kier molecular flexibility index (Phi) is 3.52. The highest BCUT2D eigenvalue weighted by Gasteiger charge is 2.15. The van der Waals surface area contributed by atoms with E-state index in [0.717, 1.165) is 11.1 Å². The lowest BCUT2D eigenvalue weighted by molar-refractivity contribution is 0.0996. The Morgan fingerprint density at radius 3 is 2.33 bits per heavy atom. The maximum absolute atomic E-state index is 13.0. The normalized spacial score (nSPS) is 10.7. The van der Waals surface area contributed by atoms with Crippen LogP contribution in [0.2, 0.25) is 0 Å². The predicted molar refractivity (Wildman–Crippen MR) is 66.0 cm³/mol. The average Bonchev–Trinajstić information content (AvgIpc) is 2.56. The van der Waals surface area contributed by atoms with Gasteiger partial charge in [-0.25, -0.2) is 13.8 Å². The molecule has 0 saturated heterocycles. The van der Waals surface area contributed by atoms with Crippen LogP contribution in [0.15, 0.2) is 18.2 Å². The molecular weight excluding hydrogens is 256 g/mol. The lowest BCUT2D eigenvalue weighted by Gasteiger charge is -2.01. The summed E-state index contributed by atoms with van der Waals surface area (Å²) >= 11 is 1.30. The van der Waals surface area contributed by atoms with E-state index in [1.165, 1.54) is 23.5 Å². The average molecular weight is 267 g/mol. The molecule has 0 saturated carbocycles. The fraction of sp³-hybridized carbons (Fsp3) is 0.231. The van der Waals surface area contributed by atoms with E-state index in [1.54, 1.807) is 6.92 Å². The second-order valence-corrected chi connectivity index (χ2v) is 5.23. The zero-order chi connectivity index (χ0) is 13.3. The number of ketones is 1. The Hall–Kier alpha value is -1.62. The summed E-state index contributed by atoms with van der Waals surface area (Å²) in [4.78, 5) is 16.7. The minimum absolute atomic E-state index is 0.0167. The molecule has 1 aromatic heterocycles. The number of hydrogen-bond donors (Lipinski definition) is 0. The number of nitrogens with zero attached hydrogens (tertiary/aromatic N) is 1. The molecule has 0 aliphatic carbocycles. The van der Waals surface area contributed by atoms with Gasteiger partial charge in [0.15, 0.2) is 5.78 Å². The van der Waals surface area contributed by atoms with Gasteiger partial charge in [-0.05, 0) is 31.5 Å². The molecule has 0 aliphatic heterocycles. The lowest BCUT2D eigenvalue weighted by atomic mass is 10.1.